The molecule has 1 aromatic carbocycles. The van der Waals surface area contributed by atoms with Gasteiger partial charge in [-0.05, 0) is 49.3 Å². The first kappa shape index (κ1) is 11.7. The van der Waals surface area contributed by atoms with E-state index in [9.17, 15) is 4.79 Å². The number of anilines is 1. The van der Waals surface area contributed by atoms with Gasteiger partial charge in [-0.25, -0.2) is 0 Å². The maximum Gasteiger partial charge on any atom is 0.227 e. The van der Waals surface area contributed by atoms with Crippen LogP contribution in [0.4, 0.5) is 5.69 Å². The predicted molar refractivity (Wildman–Crippen MR) is 68.8 cm³/mol. The Morgan fingerprint density at radius 2 is 1.79 bits per heavy atom. The van der Waals surface area contributed by atoms with Gasteiger partial charge in [-0.15, -0.1) is 0 Å². The zero-order valence-electron chi connectivity index (χ0n) is 10.4. The second-order valence-corrected chi connectivity index (χ2v) is 5.40. The third-order valence-corrected chi connectivity index (χ3v) is 4.14. The van der Waals surface area contributed by atoms with E-state index >= 15 is 0 Å². The molecule has 0 aromatic heterocycles. The van der Waals surface area contributed by atoms with Gasteiger partial charge in [0.15, 0.2) is 0 Å². The Kier molecular flexibility index (Phi) is 2.72. The molecule has 2 fully saturated rings. The second kappa shape index (κ2) is 4.40. The van der Waals surface area contributed by atoms with E-state index in [4.69, 9.17) is 10.5 Å². The molecule has 1 aromatic rings. The highest BCUT2D eigenvalue weighted by Crippen LogP contribution is 2.54. The smallest absolute Gasteiger partial charge is 0.227 e. The number of carbonyl (C=O) groups is 1. The molecule has 0 saturated heterocycles. The number of rotatable bonds is 2. The maximum absolute atomic E-state index is 12.1. The van der Waals surface area contributed by atoms with Gasteiger partial charge in [0.25, 0.3) is 0 Å². The summed E-state index contributed by atoms with van der Waals surface area (Å²) in [5.74, 6) is 1.70. The van der Waals surface area contributed by atoms with Crippen molar-refractivity contribution in [1.82, 2.24) is 0 Å². The zero-order valence-corrected chi connectivity index (χ0v) is 10.4. The fourth-order valence-corrected chi connectivity index (χ4v) is 2.99. The summed E-state index contributed by atoms with van der Waals surface area (Å²) in [5.41, 5.74) is 1.23. The van der Waals surface area contributed by atoms with Crippen molar-refractivity contribution in [2.45, 2.75) is 19.3 Å². The average Bonchev–Trinajstić information content (AvgIpc) is 3.04. The summed E-state index contributed by atoms with van der Waals surface area (Å²) in [6.45, 7) is 0. The Balaban J connectivity index is 1.71. The Hall–Kier alpha value is -2.33. The topological polar surface area (TPSA) is 76.7 Å². The van der Waals surface area contributed by atoms with Crippen molar-refractivity contribution in [3.05, 3.63) is 29.3 Å². The van der Waals surface area contributed by atoms with E-state index in [-0.39, 0.29) is 11.8 Å². The predicted octanol–water partition coefficient (Wildman–Crippen LogP) is 2.41. The lowest BCUT2D eigenvalue weighted by Crippen LogP contribution is -2.21. The first-order valence-electron chi connectivity index (χ1n) is 6.46. The van der Waals surface area contributed by atoms with Crippen LogP contribution in [0.3, 0.4) is 0 Å². The number of amides is 1. The summed E-state index contributed by atoms with van der Waals surface area (Å²) in [7, 11) is 0. The van der Waals surface area contributed by atoms with Gasteiger partial charge in [-0.1, -0.05) is 0 Å². The summed E-state index contributed by atoms with van der Waals surface area (Å²) < 4.78 is 0. The standard InChI is InChI=1S/C15H13N3O/c16-7-9-1-2-14(6-13(9)8-17)18-15(19)12-4-10-3-11(10)5-12/h1-2,6,10-12H,3-5H2,(H,18,19). The fourth-order valence-electron chi connectivity index (χ4n) is 2.99. The van der Waals surface area contributed by atoms with Crippen LogP contribution in [-0.2, 0) is 4.79 Å². The van der Waals surface area contributed by atoms with Crippen molar-refractivity contribution < 1.29 is 4.79 Å². The van der Waals surface area contributed by atoms with Gasteiger partial charge in [0, 0.05) is 11.6 Å². The summed E-state index contributed by atoms with van der Waals surface area (Å²) in [4.78, 5) is 12.1. The van der Waals surface area contributed by atoms with E-state index in [1.54, 1.807) is 18.2 Å². The molecule has 2 unspecified atom stereocenters. The number of benzene rings is 1. The maximum atomic E-state index is 12.1. The molecule has 2 saturated carbocycles. The van der Waals surface area contributed by atoms with Gasteiger partial charge in [0.2, 0.25) is 5.91 Å². The number of fused-ring (bicyclic) bond motifs is 1. The van der Waals surface area contributed by atoms with Gasteiger partial charge in [-0.3, -0.25) is 4.79 Å². The molecule has 2 atom stereocenters. The summed E-state index contributed by atoms with van der Waals surface area (Å²) in [6, 6.07) is 8.73. The largest absolute Gasteiger partial charge is 0.326 e. The van der Waals surface area contributed by atoms with E-state index in [1.165, 1.54) is 6.42 Å². The van der Waals surface area contributed by atoms with E-state index in [2.05, 4.69) is 5.32 Å². The van der Waals surface area contributed by atoms with Gasteiger partial charge >= 0.3 is 0 Å². The van der Waals surface area contributed by atoms with Crippen molar-refractivity contribution in [3.8, 4) is 12.1 Å². The minimum atomic E-state index is 0.0424. The molecule has 4 heteroatoms. The summed E-state index contributed by atoms with van der Waals surface area (Å²) in [5, 5.41) is 20.6. The fraction of sp³-hybridized carbons (Fsp3) is 0.400. The lowest BCUT2D eigenvalue weighted by Gasteiger charge is -2.12. The number of nitrogens with one attached hydrogen (secondary N) is 1. The van der Waals surface area contributed by atoms with Crippen LogP contribution in [0.25, 0.3) is 0 Å². The molecular weight excluding hydrogens is 238 g/mol. The Labute approximate surface area is 111 Å². The van der Waals surface area contributed by atoms with Crippen LogP contribution in [0.1, 0.15) is 30.4 Å². The van der Waals surface area contributed by atoms with Gasteiger partial charge < -0.3 is 5.32 Å². The lowest BCUT2D eigenvalue weighted by molar-refractivity contribution is -0.120. The number of nitriles is 2. The Morgan fingerprint density at radius 3 is 2.42 bits per heavy atom. The van der Waals surface area contributed by atoms with E-state index in [0.717, 1.165) is 24.7 Å². The summed E-state index contributed by atoms with van der Waals surface area (Å²) in [6.07, 6.45) is 3.29. The minimum Gasteiger partial charge on any atom is -0.326 e. The average molecular weight is 251 g/mol. The van der Waals surface area contributed by atoms with Crippen LogP contribution in [-0.4, -0.2) is 5.91 Å². The molecular formula is C15H13N3O. The zero-order chi connectivity index (χ0) is 13.4. The van der Waals surface area contributed by atoms with Crippen LogP contribution in [0.2, 0.25) is 0 Å². The molecule has 1 amide bonds. The molecule has 4 nitrogen and oxygen atoms in total. The quantitative estimate of drug-likeness (QED) is 0.876. The van der Waals surface area contributed by atoms with Crippen LogP contribution < -0.4 is 5.32 Å². The molecule has 2 aliphatic rings. The van der Waals surface area contributed by atoms with E-state index in [1.807, 2.05) is 12.1 Å². The minimum absolute atomic E-state index is 0.0424. The molecule has 94 valence electrons. The molecule has 19 heavy (non-hydrogen) atoms. The first-order valence-corrected chi connectivity index (χ1v) is 6.46. The number of hydrogen-bond donors (Lipinski definition) is 1. The van der Waals surface area contributed by atoms with Crippen molar-refractivity contribution >= 4 is 11.6 Å². The molecule has 0 heterocycles. The SMILES string of the molecule is N#Cc1ccc(NC(=O)C2CC3CC3C2)cc1C#N. The molecule has 0 spiro atoms. The van der Waals surface area contributed by atoms with E-state index < -0.39 is 0 Å². The number of nitrogens with zero attached hydrogens (tertiary/aromatic N) is 2. The monoisotopic (exact) mass is 251 g/mol. The third kappa shape index (κ3) is 2.18. The number of hydrogen-bond acceptors (Lipinski definition) is 3. The van der Waals surface area contributed by atoms with Crippen molar-refractivity contribution in [2.75, 3.05) is 5.32 Å². The van der Waals surface area contributed by atoms with Crippen molar-refractivity contribution in [1.29, 1.82) is 10.5 Å². The molecule has 3 rings (SSSR count). The lowest BCUT2D eigenvalue weighted by atomic mass is 10.0. The number of carbonyl (C=O) groups excluding carboxylic acids is 1. The Morgan fingerprint density at radius 1 is 1.11 bits per heavy atom. The molecule has 0 aliphatic heterocycles. The summed E-state index contributed by atoms with van der Waals surface area (Å²) >= 11 is 0. The second-order valence-electron chi connectivity index (χ2n) is 5.40. The normalized spacial score (nSPS) is 26.9. The third-order valence-electron chi connectivity index (χ3n) is 4.14. The van der Waals surface area contributed by atoms with Crippen LogP contribution in [0, 0.1) is 40.4 Å². The Bertz CT molecular complexity index is 613. The van der Waals surface area contributed by atoms with E-state index in [0.29, 0.717) is 16.8 Å². The molecule has 2 aliphatic carbocycles. The highest BCUT2D eigenvalue weighted by Gasteiger charge is 2.47. The van der Waals surface area contributed by atoms with Crippen LogP contribution in [0.5, 0.6) is 0 Å². The first-order chi connectivity index (χ1) is 9.21. The van der Waals surface area contributed by atoms with Crippen LogP contribution >= 0.6 is 0 Å². The highest BCUT2D eigenvalue weighted by molar-refractivity contribution is 5.93. The highest BCUT2D eigenvalue weighted by atomic mass is 16.1. The van der Waals surface area contributed by atoms with Crippen LogP contribution in [0.15, 0.2) is 18.2 Å². The van der Waals surface area contributed by atoms with Crippen molar-refractivity contribution in [2.24, 2.45) is 17.8 Å². The molecule has 0 radical (unpaired) electrons. The molecule has 1 N–H and O–H groups in total. The van der Waals surface area contributed by atoms with Crippen molar-refractivity contribution in [3.63, 3.8) is 0 Å². The van der Waals surface area contributed by atoms with Gasteiger partial charge in [-0.2, -0.15) is 10.5 Å². The van der Waals surface area contributed by atoms with Gasteiger partial charge in [0.1, 0.15) is 12.1 Å². The molecule has 0 bridgehead atoms. The van der Waals surface area contributed by atoms with Gasteiger partial charge in [0.05, 0.1) is 11.1 Å².